The smallest absolute Gasteiger partial charge is 0.407 e. The third kappa shape index (κ3) is 2.97. The minimum Gasteiger partial charge on any atom is -0.444 e. The number of amides is 1. The van der Waals surface area contributed by atoms with Gasteiger partial charge in [0.05, 0.1) is 18.4 Å². The second-order valence-corrected chi connectivity index (χ2v) is 7.45. The van der Waals surface area contributed by atoms with Gasteiger partial charge in [-0.15, -0.1) is 0 Å². The first kappa shape index (κ1) is 15.7. The predicted molar refractivity (Wildman–Crippen MR) is 89.3 cm³/mol. The molecule has 3 atom stereocenters. The van der Waals surface area contributed by atoms with Crippen LogP contribution >= 0.6 is 11.6 Å². The van der Waals surface area contributed by atoms with Gasteiger partial charge in [-0.1, -0.05) is 11.6 Å². The van der Waals surface area contributed by atoms with Crippen molar-refractivity contribution < 1.29 is 9.53 Å². The molecule has 0 aromatic carbocycles. The number of nitrogens with one attached hydrogen (secondary N) is 2. The topological polar surface area (TPSA) is 87.3 Å². The maximum Gasteiger partial charge on any atom is 0.407 e. The van der Waals surface area contributed by atoms with E-state index in [0.717, 1.165) is 24.7 Å². The van der Waals surface area contributed by atoms with Crippen LogP contribution in [0.1, 0.15) is 32.1 Å². The van der Waals surface area contributed by atoms with Gasteiger partial charge in [0.2, 0.25) is 0 Å². The third-order valence-electron chi connectivity index (χ3n) is 5.61. The highest BCUT2D eigenvalue weighted by atomic mass is 35.5. The molecule has 2 heterocycles. The van der Waals surface area contributed by atoms with E-state index in [-0.39, 0.29) is 23.3 Å². The van der Waals surface area contributed by atoms with Gasteiger partial charge < -0.3 is 15.0 Å². The largest absolute Gasteiger partial charge is 0.444 e. The molecule has 1 saturated heterocycles. The van der Waals surface area contributed by atoms with Gasteiger partial charge in [-0.25, -0.2) is 9.89 Å². The molecule has 1 amide bonds. The minimum atomic E-state index is -0.410. The number of aromatic amines is 1. The molecule has 8 heteroatoms. The van der Waals surface area contributed by atoms with Crippen molar-refractivity contribution in [3.05, 3.63) is 21.6 Å². The molecule has 4 rings (SSSR count). The molecule has 0 bridgehead atoms. The lowest BCUT2D eigenvalue weighted by Gasteiger charge is -2.29. The molecule has 24 heavy (non-hydrogen) atoms. The first-order valence-corrected chi connectivity index (χ1v) is 8.93. The molecule has 1 aromatic heterocycles. The van der Waals surface area contributed by atoms with Crippen LogP contribution < -0.4 is 15.8 Å². The summed E-state index contributed by atoms with van der Waals surface area (Å²) in [7, 11) is 0. The van der Waals surface area contributed by atoms with E-state index >= 15 is 0 Å². The van der Waals surface area contributed by atoms with Crippen LogP contribution in [0.3, 0.4) is 0 Å². The van der Waals surface area contributed by atoms with Crippen molar-refractivity contribution in [1.82, 2.24) is 15.5 Å². The van der Waals surface area contributed by atoms with Gasteiger partial charge in [-0.2, -0.15) is 5.10 Å². The average Bonchev–Trinajstić information content (AvgIpc) is 3.09. The lowest BCUT2D eigenvalue weighted by Crippen LogP contribution is -2.36. The molecular weight excluding hydrogens is 332 g/mol. The van der Waals surface area contributed by atoms with E-state index in [9.17, 15) is 9.59 Å². The van der Waals surface area contributed by atoms with Gasteiger partial charge in [0.15, 0.2) is 0 Å². The normalized spacial score (nSPS) is 31.5. The number of ether oxygens (including phenoxy) is 1. The number of rotatable bonds is 3. The fourth-order valence-corrected chi connectivity index (χ4v) is 4.40. The molecule has 2 saturated carbocycles. The van der Waals surface area contributed by atoms with Gasteiger partial charge in [0, 0.05) is 19.0 Å². The van der Waals surface area contributed by atoms with E-state index in [2.05, 4.69) is 15.5 Å². The van der Waals surface area contributed by atoms with Crippen LogP contribution in [0.4, 0.5) is 10.5 Å². The van der Waals surface area contributed by atoms with Crippen molar-refractivity contribution in [3.8, 4) is 0 Å². The summed E-state index contributed by atoms with van der Waals surface area (Å²) in [6, 6.07) is 0.263. The molecule has 1 aromatic rings. The Morgan fingerprint density at radius 3 is 2.79 bits per heavy atom. The monoisotopic (exact) mass is 352 g/mol. The summed E-state index contributed by atoms with van der Waals surface area (Å²) in [6.07, 6.45) is 6.50. The summed E-state index contributed by atoms with van der Waals surface area (Å²) in [5, 5.41) is 9.21. The van der Waals surface area contributed by atoms with Crippen LogP contribution in [-0.4, -0.2) is 41.5 Å². The zero-order chi connectivity index (χ0) is 16.7. The van der Waals surface area contributed by atoms with Crippen LogP contribution in [0.25, 0.3) is 0 Å². The second-order valence-electron chi connectivity index (χ2n) is 7.07. The molecule has 2 aliphatic carbocycles. The number of carbonyl (C=O) groups excluding carboxylic acids is 1. The first-order chi connectivity index (χ1) is 11.6. The second kappa shape index (κ2) is 6.27. The summed E-state index contributed by atoms with van der Waals surface area (Å²) in [6.45, 7) is 1.20. The van der Waals surface area contributed by atoms with Crippen molar-refractivity contribution in [3.63, 3.8) is 0 Å². The van der Waals surface area contributed by atoms with Crippen molar-refractivity contribution >= 4 is 23.4 Å². The van der Waals surface area contributed by atoms with Gasteiger partial charge in [-0.05, 0) is 37.5 Å². The number of alkyl carbamates (subject to hydrolysis) is 1. The molecule has 130 valence electrons. The lowest BCUT2D eigenvalue weighted by molar-refractivity contribution is 0.105. The first-order valence-electron chi connectivity index (χ1n) is 8.55. The van der Waals surface area contributed by atoms with Gasteiger partial charge in [-0.3, -0.25) is 4.79 Å². The SMILES string of the molecule is O=C(NC1CC2CCC2C1)OC1CCN(c2cn[nH]c(=O)c2Cl)C1. The van der Waals surface area contributed by atoms with Crippen LogP contribution in [0.15, 0.2) is 11.0 Å². The number of H-pyrrole nitrogens is 1. The maximum absolute atomic E-state index is 12.1. The van der Waals surface area contributed by atoms with E-state index in [4.69, 9.17) is 16.3 Å². The molecular formula is C16H21ClN4O3. The van der Waals surface area contributed by atoms with Gasteiger partial charge >= 0.3 is 6.09 Å². The quantitative estimate of drug-likeness (QED) is 0.867. The number of aromatic nitrogens is 2. The average molecular weight is 353 g/mol. The van der Waals surface area contributed by atoms with E-state index in [1.807, 2.05) is 4.90 Å². The van der Waals surface area contributed by atoms with Crippen molar-refractivity contribution in [2.75, 3.05) is 18.0 Å². The number of halogens is 1. The minimum absolute atomic E-state index is 0.122. The number of hydrogen-bond acceptors (Lipinski definition) is 5. The van der Waals surface area contributed by atoms with Crippen molar-refractivity contribution in [2.45, 2.75) is 44.2 Å². The van der Waals surface area contributed by atoms with Gasteiger partial charge in [0.1, 0.15) is 11.1 Å². The molecule has 0 spiro atoms. The predicted octanol–water partition coefficient (Wildman–Crippen LogP) is 1.92. The highest BCUT2D eigenvalue weighted by Gasteiger charge is 2.41. The lowest BCUT2D eigenvalue weighted by atomic mass is 9.77. The van der Waals surface area contributed by atoms with Crippen LogP contribution in [0, 0.1) is 11.8 Å². The molecule has 3 fully saturated rings. The Bertz CT molecular complexity index is 682. The maximum atomic E-state index is 12.1. The fraction of sp³-hybridized carbons (Fsp3) is 0.688. The Hall–Kier alpha value is -1.76. The summed E-state index contributed by atoms with van der Waals surface area (Å²) in [5.74, 6) is 1.62. The molecule has 7 nitrogen and oxygen atoms in total. The van der Waals surface area contributed by atoms with Crippen LogP contribution in [0.5, 0.6) is 0 Å². The highest BCUT2D eigenvalue weighted by molar-refractivity contribution is 6.33. The Morgan fingerprint density at radius 1 is 1.33 bits per heavy atom. The number of nitrogens with zero attached hydrogens (tertiary/aromatic N) is 2. The van der Waals surface area contributed by atoms with E-state index in [0.29, 0.717) is 25.2 Å². The molecule has 3 aliphatic rings. The standard InChI is InChI=1S/C16H21ClN4O3/c17-14-13(7-18-20-15(14)22)21-4-3-12(8-21)24-16(23)19-11-5-9-1-2-10(9)6-11/h7,9-12H,1-6,8H2,(H,19,23)(H,20,22). The number of hydrogen-bond donors (Lipinski definition) is 2. The van der Waals surface area contributed by atoms with E-state index in [1.54, 1.807) is 0 Å². The molecule has 0 radical (unpaired) electrons. The number of anilines is 1. The zero-order valence-electron chi connectivity index (χ0n) is 13.3. The number of carbonyl (C=O) groups is 1. The van der Waals surface area contributed by atoms with Gasteiger partial charge in [0.25, 0.3) is 5.56 Å². The summed E-state index contributed by atoms with van der Waals surface area (Å²) < 4.78 is 5.54. The Morgan fingerprint density at radius 2 is 2.08 bits per heavy atom. The zero-order valence-corrected chi connectivity index (χ0v) is 14.1. The van der Waals surface area contributed by atoms with Crippen molar-refractivity contribution in [1.29, 1.82) is 0 Å². The Labute approximate surface area is 144 Å². The highest BCUT2D eigenvalue weighted by Crippen LogP contribution is 2.46. The van der Waals surface area contributed by atoms with Crippen LogP contribution in [0.2, 0.25) is 5.02 Å². The van der Waals surface area contributed by atoms with E-state index in [1.165, 1.54) is 19.0 Å². The Kier molecular flexibility index (Phi) is 4.12. The van der Waals surface area contributed by atoms with Crippen molar-refractivity contribution in [2.24, 2.45) is 11.8 Å². The van der Waals surface area contributed by atoms with E-state index < -0.39 is 5.56 Å². The van der Waals surface area contributed by atoms with Crippen LogP contribution in [-0.2, 0) is 4.74 Å². The summed E-state index contributed by atoms with van der Waals surface area (Å²) in [4.78, 5) is 25.6. The Balaban J connectivity index is 1.29. The molecule has 1 aliphatic heterocycles. The summed E-state index contributed by atoms with van der Waals surface area (Å²) >= 11 is 6.03. The molecule has 2 N–H and O–H groups in total. The third-order valence-corrected chi connectivity index (χ3v) is 5.97. The number of fused-ring (bicyclic) bond motifs is 1. The molecule has 3 unspecified atom stereocenters. The fourth-order valence-electron chi connectivity index (χ4n) is 4.19. The summed E-state index contributed by atoms with van der Waals surface area (Å²) in [5.41, 5.74) is 0.173.